The Morgan fingerprint density at radius 3 is 2.56 bits per heavy atom. The van der Waals surface area contributed by atoms with Crippen LogP contribution in [0.1, 0.15) is 11.5 Å². The van der Waals surface area contributed by atoms with Gasteiger partial charge in [0.05, 0.1) is 11.8 Å². The van der Waals surface area contributed by atoms with E-state index in [1.165, 1.54) is 6.07 Å². The molecule has 0 bridgehead atoms. The smallest absolute Gasteiger partial charge is 0.200 e. The van der Waals surface area contributed by atoms with Crippen LogP contribution >= 0.6 is 11.8 Å². The fourth-order valence-corrected chi connectivity index (χ4v) is 3.81. The molecule has 1 aliphatic heterocycles. The number of benzene rings is 1. The van der Waals surface area contributed by atoms with Crippen molar-refractivity contribution >= 4 is 11.8 Å². The molecule has 1 aromatic heterocycles. The van der Waals surface area contributed by atoms with E-state index in [0.29, 0.717) is 22.6 Å². The molecular formula is C16H17F2NO5S. The molecule has 3 rings (SSSR count). The van der Waals surface area contributed by atoms with Gasteiger partial charge in [-0.3, -0.25) is 0 Å². The molecule has 9 heteroatoms. The summed E-state index contributed by atoms with van der Waals surface area (Å²) in [5.74, 6) is -2.20. The average Bonchev–Trinajstić information content (AvgIpc) is 2.90. The summed E-state index contributed by atoms with van der Waals surface area (Å²) < 4.78 is 38.6. The van der Waals surface area contributed by atoms with Crippen molar-refractivity contribution in [1.82, 2.24) is 5.16 Å². The summed E-state index contributed by atoms with van der Waals surface area (Å²) in [7, 11) is 0. The Hall–Kier alpha value is -1.68. The zero-order valence-electron chi connectivity index (χ0n) is 13.4. The molecule has 1 fully saturated rings. The first-order chi connectivity index (χ1) is 11.8. The van der Waals surface area contributed by atoms with Crippen LogP contribution < -0.4 is 4.74 Å². The number of ether oxygens (including phenoxy) is 1. The minimum Gasteiger partial charge on any atom is -0.474 e. The standard InChI is InChI=1S/C16H17F2NO5S/c1-6-12(7(2)24-19-6)8-3-9(17)13(18)11(4-8)23-16-15(22)14(21)10(20)5-25-16/h3-4,10,14-16,20-22H,5H2,1-2H3/t10-,14+,15-,16+/m1/s1. The Balaban J connectivity index is 1.94. The van der Waals surface area contributed by atoms with Gasteiger partial charge in [-0.15, -0.1) is 11.8 Å². The fourth-order valence-electron chi connectivity index (χ4n) is 2.70. The van der Waals surface area contributed by atoms with E-state index in [1.54, 1.807) is 13.8 Å². The molecule has 4 atom stereocenters. The third kappa shape index (κ3) is 3.37. The number of nitrogens with zero attached hydrogens (tertiary/aromatic N) is 1. The summed E-state index contributed by atoms with van der Waals surface area (Å²) in [6.07, 6.45) is -3.99. The Bertz CT molecular complexity index is 765. The number of aliphatic hydroxyl groups is 3. The summed E-state index contributed by atoms with van der Waals surface area (Å²) >= 11 is 1.000. The lowest BCUT2D eigenvalue weighted by molar-refractivity contribution is -0.0790. The first-order valence-electron chi connectivity index (χ1n) is 7.54. The molecule has 0 amide bonds. The van der Waals surface area contributed by atoms with Crippen LogP contribution in [-0.2, 0) is 0 Å². The van der Waals surface area contributed by atoms with Crippen molar-refractivity contribution < 1.29 is 33.4 Å². The van der Waals surface area contributed by atoms with Crippen LogP contribution in [0, 0.1) is 25.5 Å². The highest BCUT2D eigenvalue weighted by Crippen LogP contribution is 2.35. The largest absolute Gasteiger partial charge is 0.474 e. The van der Waals surface area contributed by atoms with Gasteiger partial charge in [-0.25, -0.2) is 4.39 Å². The Kier molecular flexibility index (Phi) is 5.01. The van der Waals surface area contributed by atoms with Crippen molar-refractivity contribution in [3.05, 3.63) is 35.2 Å². The Labute approximate surface area is 146 Å². The maximum absolute atomic E-state index is 14.1. The summed E-state index contributed by atoms with van der Waals surface area (Å²) in [5, 5.41) is 33.0. The van der Waals surface area contributed by atoms with Crippen LogP contribution in [0.15, 0.2) is 16.7 Å². The molecule has 6 nitrogen and oxygen atoms in total. The summed E-state index contributed by atoms with van der Waals surface area (Å²) in [6.45, 7) is 3.32. The molecule has 1 aromatic carbocycles. The van der Waals surface area contributed by atoms with Crippen LogP contribution in [0.2, 0.25) is 0 Å². The minimum atomic E-state index is -1.45. The molecule has 1 aliphatic rings. The predicted molar refractivity (Wildman–Crippen MR) is 86.2 cm³/mol. The predicted octanol–water partition coefficient (Wildman–Crippen LogP) is 1.77. The lowest BCUT2D eigenvalue weighted by Crippen LogP contribution is -2.50. The second-order valence-electron chi connectivity index (χ2n) is 5.84. The zero-order valence-corrected chi connectivity index (χ0v) is 14.3. The van der Waals surface area contributed by atoms with Gasteiger partial charge in [0.2, 0.25) is 5.82 Å². The quantitative estimate of drug-likeness (QED) is 0.755. The van der Waals surface area contributed by atoms with E-state index in [1.807, 2.05) is 0 Å². The van der Waals surface area contributed by atoms with Gasteiger partial charge in [-0.1, -0.05) is 5.16 Å². The molecular weight excluding hydrogens is 356 g/mol. The molecule has 2 aromatic rings. The van der Waals surface area contributed by atoms with Crippen molar-refractivity contribution in [1.29, 1.82) is 0 Å². The van der Waals surface area contributed by atoms with Gasteiger partial charge in [0, 0.05) is 11.3 Å². The van der Waals surface area contributed by atoms with E-state index >= 15 is 0 Å². The molecule has 0 radical (unpaired) electrons. The lowest BCUT2D eigenvalue weighted by Gasteiger charge is -2.34. The number of halogens is 2. The number of hydrogen-bond acceptors (Lipinski definition) is 7. The van der Waals surface area contributed by atoms with Gasteiger partial charge in [0.15, 0.2) is 17.0 Å². The first kappa shape index (κ1) is 18.1. The average molecular weight is 373 g/mol. The molecule has 136 valence electrons. The van der Waals surface area contributed by atoms with E-state index in [4.69, 9.17) is 9.26 Å². The molecule has 0 spiro atoms. The molecule has 0 aliphatic carbocycles. The van der Waals surface area contributed by atoms with E-state index < -0.39 is 41.1 Å². The van der Waals surface area contributed by atoms with E-state index in [0.717, 1.165) is 17.8 Å². The summed E-state index contributed by atoms with van der Waals surface area (Å²) in [5.41, 5.74) is 0.310. The normalized spacial score (nSPS) is 26.7. The Morgan fingerprint density at radius 2 is 1.92 bits per heavy atom. The lowest BCUT2D eigenvalue weighted by atomic mass is 10.0. The second kappa shape index (κ2) is 6.91. The third-order valence-corrected chi connectivity index (χ3v) is 5.25. The monoisotopic (exact) mass is 373 g/mol. The molecule has 2 heterocycles. The topological polar surface area (TPSA) is 96.0 Å². The van der Waals surface area contributed by atoms with Gasteiger partial charge in [0.1, 0.15) is 18.0 Å². The number of aryl methyl sites for hydroxylation is 2. The second-order valence-corrected chi connectivity index (χ2v) is 6.97. The fraction of sp³-hybridized carbons (Fsp3) is 0.438. The Morgan fingerprint density at radius 1 is 1.20 bits per heavy atom. The van der Waals surface area contributed by atoms with Gasteiger partial charge in [-0.2, -0.15) is 4.39 Å². The van der Waals surface area contributed by atoms with Crippen molar-refractivity contribution in [3.8, 4) is 16.9 Å². The van der Waals surface area contributed by atoms with Gasteiger partial charge in [-0.05, 0) is 31.5 Å². The van der Waals surface area contributed by atoms with Gasteiger partial charge in [0.25, 0.3) is 0 Å². The minimum absolute atomic E-state index is 0.0938. The maximum Gasteiger partial charge on any atom is 0.200 e. The van der Waals surface area contributed by atoms with Crippen LogP contribution in [0.25, 0.3) is 11.1 Å². The number of thioether (sulfide) groups is 1. The molecule has 1 saturated heterocycles. The SMILES string of the molecule is Cc1noc(C)c1-c1cc(F)c(F)c(O[C@H]2SC[C@@H](O)[C@H](O)[C@H]2O)c1. The van der Waals surface area contributed by atoms with Crippen LogP contribution in [0.3, 0.4) is 0 Å². The first-order valence-corrected chi connectivity index (χ1v) is 8.59. The molecule has 0 unspecified atom stereocenters. The molecule has 25 heavy (non-hydrogen) atoms. The van der Waals surface area contributed by atoms with E-state index in [-0.39, 0.29) is 5.75 Å². The summed E-state index contributed by atoms with van der Waals surface area (Å²) in [6, 6.07) is 2.30. The highest BCUT2D eigenvalue weighted by molar-refractivity contribution is 7.99. The number of aliphatic hydroxyl groups excluding tert-OH is 3. The van der Waals surface area contributed by atoms with E-state index in [2.05, 4.69) is 5.16 Å². The number of rotatable bonds is 3. The number of aromatic nitrogens is 1. The van der Waals surface area contributed by atoms with Crippen LogP contribution in [0.5, 0.6) is 5.75 Å². The highest BCUT2D eigenvalue weighted by Gasteiger charge is 2.39. The molecule has 3 N–H and O–H groups in total. The third-order valence-electron chi connectivity index (χ3n) is 4.01. The van der Waals surface area contributed by atoms with Gasteiger partial charge >= 0.3 is 0 Å². The van der Waals surface area contributed by atoms with Crippen molar-refractivity contribution in [3.63, 3.8) is 0 Å². The maximum atomic E-state index is 14.1. The highest BCUT2D eigenvalue weighted by atomic mass is 32.2. The number of hydrogen-bond donors (Lipinski definition) is 3. The van der Waals surface area contributed by atoms with Crippen LogP contribution in [0.4, 0.5) is 8.78 Å². The zero-order chi connectivity index (χ0) is 18.3. The van der Waals surface area contributed by atoms with Gasteiger partial charge < -0.3 is 24.6 Å². The van der Waals surface area contributed by atoms with Crippen molar-refractivity contribution in [2.24, 2.45) is 0 Å². The van der Waals surface area contributed by atoms with Crippen molar-refractivity contribution in [2.75, 3.05) is 5.75 Å². The summed E-state index contributed by atoms with van der Waals surface area (Å²) in [4.78, 5) is 0. The van der Waals surface area contributed by atoms with Crippen LogP contribution in [-0.4, -0.2) is 50.0 Å². The molecule has 0 saturated carbocycles. The van der Waals surface area contributed by atoms with Crippen molar-refractivity contribution in [2.45, 2.75) is 37.6 Å². The van der Waals surface area contributed by atoms with E-state index in [9.17, 15) is 24.1 Å².